The topological polar surface area (TPSA) is 44.4 Å². The summed E-state index contributed by atoms with van der Waals surface area (Å²) in [5.41, 5.74) is 0. The lowest BCUT2D eigenvalue weighted by Crippen LogP contribution is -2.43. The van der Waals surface area contributed by atoms with Gasteiger partial charge in [-0.1, -0.05) is 13.8 Å². The van der Waals surface area contributed by atoms with Gasteiger partial charge in [-0.2, -0.15) is 0 Å². The molecule has 18 heavy (non-hydrogen) atoms. The van der Waals surface area contributed by atoms with Crippen LogP contribution in [0, 0.1) is 5.92 Å². The van der Waals surface area contributed by atoms with Gasteiger partial charge < -0.3 is 10.6 Å². The highest BCUT2D eigenvalue weighted by atomic mass is 16.2. The van der Waals surface area contributed by atoms with Crippen molar-refractivity contribution in [3.05, 3.63) is 0 Å². The lowest BCUT2D eigenvalue weighted by atomic mass is 9.97. The molecule has 0 spiro atoms. The summed E-state index contributed by atoms with van der Waals surface area (Å²) >= 11 is 0. The molecular formula is C14H29N3O. The first kappa shape index (κ1) is 15.4. The molecule has 0 atom stereocenters. The lowest BCUT2D eigenvalue weighted by Gasteiger charge is -2.31. The predicted octanol–water partition coefficient (Wildman–Crippen LogP) is 1.22. The van der Waals surface area contributed by atoms with Gasteiger partial charge in [0.15, 0.2) is 0 Å². The van der Waals surface area contributed by atoms with E-state index in [2.05, 4.69) is 29.4 Å². The zero-order valence-corrected chi connectivity index (χ0v) is 12.0. The fraction of sp³-hybridized carbons (Fsp3) is 0.929. The first-order valence-electron chi connectivity index (χ1n) is 7.46. The maximum absolute atomic E-state index is 11.6. The number of nitrogens with zero attached hydrogens (tertiary/aromatic N) is 1. The molecule has 0 unspecified atom stereocenters. The maximum atomic E-state index is 11.6. The van der Waals surface area contributed by atoms with Crippen LogP contribution in [0.1, 0.15) is 39.5 Å². The molecule has 1 rings (SSSR count). The Morgan fingerprint density at radius 3 is 2.44 bits per heavy atom. The van der Waals surface area contributed by atoms with Crippen molar-refractivity contribution in [2.75, 3.05) is 39.3 Å². The van der Waals surface area contributed by atoms with Crippen LogP contribution in [0.2, 0.25) is 0 Å². The van der Waals surface area contributed by atoms with Crippen LogP contribution in [0.5, 0.6) is 0 Å². The van der Waals surface area contributed by atoms with Crippen molar-refractivity contribution in [1.82, 2.24) is 15.5 Å². The normalized spacial score (nSPS) is 17.9. The molecule has 4 heteroatoms. The summed E-state index contributed by atoms with van der Waals surface area (Å²) in [6.07, 6.45) is 4.66. The Morgan fingerprint density at radius 2 is 1.83 bits per heavy atom. The third-order valence-electron chi connectivity index (χ3n) is 3.51. The van der Waals surface area contributed by atoms with Crippen LogP contribution in [0.3, 0.4) is 0 Å². The number of carbonyl (C=O) groups excluding carboxylic acids is 1. The Hall–Kier alpha value is -0.610. The number of rotatable bonds is 8. The Kier molecular flexibility index (Phi) is 8.01. The molecule has 1 saturated heterocycles. The fourth-order valence-corrected chi connectivity index (χ4v) is 2.36. The van der Waals surface area contributed by atoms with E-state index < -0.39 is 0 Å². The second-order valence-electron chi connectivity index (χ2n) is 5.27. The number of hydrogen-bond donors (Lipinski definition) is 2. The van der Waals surface area contributed by atoms with Gasteiger partial charge in [0.25, 0.3) is 0 Å². The molecule has 0 aromatic heterocycles. The third kappa shape index (κ3) is 6.36. The SMILES string of the molecule is CCCNCC1CCN(CC(=O)NCCC)CC1. The monoisotopic (exact) mass is 255 g/mol. The Bertz CT molecular complexity index is 225. The molecule has 0 aromatic carbocycles. The molecule has 1 aliphatic rings. The van der Waals surface area contributed by atoms with Crippen molar-refractivity contribution in [3.8, 4) is 0 Å². The highest BCUT2D eigenvalue weighted by Gasteiger charge is 2.20. The molecule has 1 heterocycles. The highest BCUT2D eigenvalue weighted by molar-refractivity contribution is 5.77. The van der Waals surface area contributed by atoms with Crippen molar-refractivity contribution >= 4 is 5.91 Å². The fourth-order valence-electron chi connectivity index (χ4n) is 2.36. The molecule has 4 nitrogen and oxygen atoms in total. The summed E-state index contributed by atoms with van der Waals surface area (Å²) in [6, 6.07) is 0. The standard InChI is InChI=1S/C14H29N3O/c1-3-7-15-11-13-5-9-17(10-6-13)12-14(18)16-8-4-2/h13,15H,3-12H2,1-2H3,(H,16,18). The predicted molar refractivity (Wildman–Crippen MR) is 75.6 cm³/mol. The molecule has 106 valence electrons. The van der Waals surface area contributed by atoms with E-state index >= 15 is 0 Å². The van der Waals surface area contributed by atoms with Gasteiger partial charge >= 0.3 is 0 Å². The van der Waals surface area contributed by atoms with E-state index in [9.17, 15) is 4.79 Å². The van der Waals surface area contributed by atoms with Crippen LogP contribution in [-0.2, 0) is 4.79 Å². The van der Waals surface area contributed by atoms with E-state index in [0.29, 0.717) is 6.54 Å². The summed E-state index contributed by atoms with van der Waals surface area (Å²) in [4.78, 5) is 13.9. The molecule has 0 aliphatic carbocycles. The van der Waals surface area contributed by atoms with Crippen LogP contribution in [0.25, 0.3) is 0 Å². The molecule has 1 aliphatic heterocycles. The summed E-state index contributed by atoms with van der Waals surface area (Å²) < 4.78 is 0. The summed E-state index contributed by atoms with van der Waals surface area (Å²) in [5, 5.41) is 6.43. The molecule has 0 saturated carbocycles. The number of nitrogens with one attached hydrogen (secondary N) is 2. The van der Waals surface area contributed by atoms with Gasteiger partial charge in [-0.15, -0.1) is 0 Å². The average molecular weight is 255 g/mol. The largest absolute Gasteiger partial charge is 0.355 e. The molecular weight excluding hydrogens is 226 g/mol. The van der Waals surface area contributed by atoms with Crippen molar-refractivity contribution in [2.24, 2.45) is 5.92 Å². The van der Waals surface area contributed by atoms with Crippen LogP contribution in [0.4, 0.5) is 0 Å². The number of piperidine rings is 1. The van der Waals surface area contributed by atoms with Gasteiger partial charge in [-0.3, -0.25) is 9.69 Å². The molecule has 0 radical (unpaired) electrons. The van der Waals surface area contributed by atoms with Gasteiger partial charge in [0.2, 0.25) is 5.91 Å². The van der Waals surface area contributed by atoms with Gasteiger partial charge in [0.1, 0.15) is 0 Å². The average Bonchev–Trinajstić information content (AvgIpc) is 2.39. The number of amides is 1. The zero-order chi connectivity index (χ0) is 13.2. The van der Waals surface area contributed by atoms with E-state index in [1.807, 2.05) is 0 Å². The van der Waals surface area contributed by atoms with E-state index in [0.717, 1.165) is 45.1 Å². The summed E-state index contributed by atoms with van der Waals surface area (Å²) in [6.45, 7) is 10.1. The minimum Gasteiger partial charge on any atom is -0.355 e. The number of carbonyl (C=O) groups is 1. The van der Waals surface area contributed by atoms with Gasteiger partial charge in [-0.05, 0) is 57.8 Å². The van der Waals surface area contributed by atoms with Crippen molar-refractivity contribution in [1.29, 1.82) is 0 Å². The molecule has 1 fully saturated rings. The van der Waals surface area contributed by atoms with Gasteiger partial charge in [0, 0.05) is 6.54 Å². The van der Waals surface area contributed by atoms with Crippen molar-refractivity contribution in [3.63, 3.8) is 0 Å². The smallest absolute Gasteiger partial charge is 0.234 e. The maximum Gasteiger partial charge on any atom is 0.234 e. The molecule has 0 bridgehead atoms. The first-order valence-corrected chi connectivity index (χ1v) is 7.46. The van der Waals surface area contributed by atoms with Crippen molar-refractivity contribution in [2.45, 2.75) is 39.5 Å². The van der Waals surface area contributed by atoms with Crippen LogP contribution < -0.4 is 10.6 Å². The molecule has 1 amide bonds. The van der Waals surface area contributed by atoms with E-state index in [4.69, 9.17) is 0 Å². The van der Waals surface area contributed by atoms with Crippen LogP contribution >= 0.6 is 0 Å². The second kappa shape index (κ2) is 9.34. The first-order chi connectivity index (χ1) is 8.76. The minimum absolute atomic E-state index is 0.180. The molecule has 0 aromatic rings. The zero-order valence-electron chi connectivity index (χ0n) is 12.0. The van der Waals surface area contributed by atoms with E-state index in [1.54, 1.807) is 0 Å². The lowest BCUT2D eigenvalue weighted by molar-refractivity contribution is -0.122. The van der Waals surface area contributed by atoms with Crippen LogP contribution in [0.15, 0.2) is 0 Å². The Balaban J connectivity index is 2.09. The number of likely N-dealkylation sites (tertiary alicyclic amines) is 1. The quantitative estimate of drug-likeness (QED) is 0.641. The Labute approximate surface area is 111 Å². The van der Waals surface area contributed by atoms with Crippen molar-refractivity contribution < 1.29 is 4.79 Å². The number of hydrogen-bond acceptors (Lipinski definition) is 3. The summed E-state index contributed by atoms with van der Waals surface area (Å²) in [7, 11) is 0. The highest BCUT2D eigenvalue weighted by Crippen LogP contribution is 2.15. The van der Waals surface area contributed by atoms with Crippen LogP contribution in [-0.4, -0.2) is 50.1 Å². The van der Waals surface area contributed by atoms with E-state index in [1.165, 1.54) is 19.3 Å². The van der Waals surface area contributed by atoms with Gasteiger partial charge in [-0.25, -0.2) is 0 Å². The molecule has 2 N–H and O–H groups in total. The second-order valence-corrected chi connectivity index (χ2v) is 5.27. The minimum atomic E-state index is 0.180. The summed E-state index contributed by atoms with van der Waals surface area (Å²) in [5.74, 6) is 0.978. The third-order valence-corrected chi connectivity index (χ3v) is 3.51. The Morgan fingerprint density at radius 1 is 1.17 bits per heavy atom. The van der Waals surface area contributed by atoms with E-state index in [-0.39, 0.29) is 5.91 Å². The van der Waals surface area contributed by atoms with Gasteiger partial charge in [0.05, 0.1) is 6.54 Å².